The molecular formula is C18H20FN5O2. The number of rotatable bonds is 6. The Morgan fingerprint density at radius 2 is 2.19 bits per heavy atom. The van der Waals surface area contributed by atoms with E-state index < -0.39 is 0 Å². The molecule has 2 heterocycles. The lowest BCUT2D eigenvalue weighted by Gasteiger charge is -2.14. The van der Waals surface area contributed by atoms with Crippen LogP contribution in [0.3, 0.4) is 0 Å². The van der Waals surface area contributed by atoms with Crippen molar-refractivity contribution < 1.29 is 13.9 Å². The SMILES string of the molecule is O=C(COCc1nc2ccc(F)cc2[nH]1)Nc1ccnn1C1CCCC1. The summed E-state index contributed by atoms with van der Waals surface area (Å²) in [6.07, 6.45) is 6.27. The number of carbonyl (C=O) groups excluding carboxylic acids is 1. The average molecular weight is 357 g/mol. The third kappa shape index (κ3) is 3.60. The van der Waals surface area contributed by atoms with E-state index in [2.05, 4.69) is 20.4 Å². The number of hydrogen-bond acceptors (Lipinski definition) is 4. The Hall–Kier alpha value is -2.74. The summed E-state index contributed by atoms with van der Waals surface area (Å²) in [5.74, 6) is 0.679. The normalized spacial score (nSPS) is 15.0. The summed E-state index contributed by atoms with van der Waals surface area (Å²) in [4.78, 5) is 19.4. The Bertz CT molecular complexity index is 913. The molecule has 2 N–H and O–H groups in total. The van der Waals surface area contributed by atoms with Crippen molar-refractivity contribution in [1.82, 2.24) is 19.7 Å². The van der Waals surface area contributed by atoms with Crippen LogP contribution in [-0.4, -0.2) is 32.3 Å². The van der Waals surface area contributed by atoms with Gasteiger partial charge >= 0.3 is 0 Å². The molecule has 1 aliphatic rings. The molecule has 8 heteroatoms. The number of fused-ring (bicyclic) bond motifs is 1. The van der Waals surface area contributed by atoms with E-state index in [1.165, 1.54) is 25.0 Å². The molecule has 1 amide bonds. The van der Waals surface area contributed by atoms with Gasteiger partial charge in [-0.25, -0.2) is 14.1 Å². The predicted octanol–water partition coefficient (Wildman–Crippen LogP) is 3.17. The van der Waals surface area contributed by atoms with Crippen LogP contribution in [0.5, 0.6) is 0 Å². The molecule has 1 saturated carbocycles. The van der Waals surface area contributed by atoms with E-state index in [1.807, 2.05) is 4.68 Å². The summed E-state index contributed by atoms with van der Waals surface area (Å²) in [6.45, 7) is 0.0485. The van der Waals surface area contributed by atoms with Gasteiger partial charge in [-0.1, -0.05) is 12.8 Å². The van der Waals surface area contributed by atoms with E-state index in [0.29, 0.717) is 28.7 Å². The van der Waals surface area contributed by atoms with Gasteiger partial charge in [-0.2, -0.15) is 5.10 Å². The summed E-state index contributed by atoms with van der Waals surface area (Å²) < 4.78 is 20.5. The first kappa shape index (κ1) is 16.7. The largest absolute Gasteiger partial charge is 0.364 e. The van der Waals surface area contributed by atoms with Crippen molar-refractivity contribution in [2.75, 3.05) is 11.9 Å². The molecule has 3 aromatic rings. The van der Waals surface area contributed by atoms with Gasteiger partial charge in [-0.15, -0.1) is 0 Å². The Balaban J connectivity index is 1.30. The summed E-state index contributed by atoms with van der Waals surface area (Å²) >= 11 is 0. The lowest BCUT2D eigenvalue weighted by molar-refractivity contribution is -0.121. The molecule has 1 aromatic carbocycles. The summed E-state index contributed by atoms with van der Waals surface area (Å²) in [6, 6.07) is 6.49. The summed E-state index contributed by atoms with van der Waals surface area (Å²) in [5.41, 5.74) is 1.27. The van der Waals surface area contributed by atoms with E-state index >= 15 is 0 Å². The first-order valence-corrected chi connectivity index (χ1v) is 8.74. The predicted molar refractivity (Wildman–Crippen MR) is 94.1 cm³/mol. The molecule has 0 unspecified atom stereocenters. The molecule has 4 rings (SSSR count). The standard InChI is InChI=1S/C18H20FN5O2/c19-12-5-6-14-15(9-12)22-16(21-14)10-26-11-18(25)23-17-7-8-20-24(17)13-3-1-2-4-13/h5-9,13H,1-4,10-11H2,(H,21,22)(H,23,25). The van der Waals surface area contributed by atoms with Crippen molar-refractivity contribution in [1.29, 1.82) is 0 Å². The second kappa shape index (κ2) is 7.25. The lowest BCUT2D eigenvalue weighted by atomic mass is 10.2. The third-order valence-electron chi connectivity index (χ3n) is 4.57. The minimum Gasteiger partial charge on any atom is -0.364 e. The fraction of sp³-hybridized carbons (Fsp3) is 0.389. The fourth-order valence-corrected chi connectivity index (χ4v) is 3.38. The molecule has 0 atom stereocenters. The zero-order chi connectivity index (χ0) is 17.9. The van der Waals surface area contributed by atoms with Crippen LogP contribution in [0.2, 0.25) is 0 Å². The number of anilines is 1. The van der Waals surface area contributed by atoms with Crippen LogP contribution in [0.4, 0.5) is 10.2 Å². The first-order valence-electron chi connectivity index (χ1n) is 8.74. The van der Waals surface area contributed by atoms with Gasteiger partial charge in [0.2, 0.25) is 0 Å². The van der Waals surface area contributed by atoms with Crippen molar-refractivity contribution in [3.05, 3.63) is 42.1 Å². The van der Waals surface area contributed by atoms with E-state index in [4.69, 9.17) is 4.74 Å². The van der Waals surface area contributed by atoms with Gasteiger partial charge in [-0.05, 0) is 31.0 Å². The van der Waals surface area contributed by atoms with Crippen LogP contribution in [0.25, 0.3) is 11.0 Å². The Labute approximate surface area is 149 Å². The molecule has 0 aliphatic heterocycles. The molecule has 7 nitrogen and oxygen atoms in total. The zero-order valence-corrected chi connectivity index (χ0v) is 14.2. The van der Waals surface area contributed by atoms with Crippen LogP contribution in [0.1, 0.15) is 37.5 Å². The Morgan fingerprint density at radius 3 is 3.04 bits per heavy atom. The van der Waals surface area contributed by atoms with Crippen LogP contribution in [0.15, 0.2) is 30.5 Å². The van der Waals surface area contributed by atoms with Gasteiger partial charge < -0.3 is 15.0 Å². The number of hydrogen-bond donors (Lipinski definition) is 2. The molecule has 1 aliphatic carbocycles. The maximum Gasteiger partial charge on any atom is 0.251 e. The summed E-state index contributed by atoms with van der Waals surface area (Å²) in [5, 5.41) is 7.17. The van der Waals surface area contributed by atoms with Crippen LogP contribution in [0, 0.1) is 5.82 Å². The maximum absolute atomic E-state index is 13.2. The number of nitrogens with one attached hydrogen (secondary N) is 2. The molecule has 0 spiro atoms. The smallest absolute Gasteiger partial charge is 0.251 e. The van der Waals surface area contributed by atoms with Gasteiger partial charge in [0, 0.05) is 6.07 Å². The van der Waals surface area contributed by atoms with Gasteiger partial charge in [0.15, 0.2) is 0 Å². The summed E-state index contributed by atoms with van der Waals surface area (Å²) in [7, 11) is 0. The maximum atomic E-state index is 13.2. The van der Waals surface area contributed by atoms with Crippen molar-refractivity contribution in [3.63, 3.8) is 0 Å². The van der Waals surface area contributed by atoms with Crippen molar-refractivity contribution in [2.24, 2.45) is 0 Å². The number of ether oxygens (including phenoxy) is 1. The number of aromatic nitrogens is 4. The molecule has 0 radical (unpaired) electrons. The highest BCUT2D eigenvalue weighted by Crippen LogP contribution is 2.31. The minimum atomic E-state index is -0.327. The highest BCUT2D eigenvalue weighted by Gasteiger charge is 2.20. The zero-order valence-electron chi connectivity index (χ0n) is 14.2. The number of benzene rings is 1. The van der Waals surface area contributed by atoms with Crippen molar-refractivity contribution in [2.45, 2.75) is 38.3 Å². The van der Waals surface area contributed by atoms with E-state index in [0.717, 1.165) is 12.8 Å². The molecule has 136 valence electrons. The number of nitrogens with zero attached hydrogens (tertiary/aromatic N) is 3. The topological polar surface area (TPSA) is 84.8 Å². The quantitative estimate of drug-likeness (QED) is 0.710. The average Bonchev–Trinajstić information content (AvgIpc) is 3.33. The number of H-pyrrole nitrogens is 1. The lowest BCUT2D eigenvalue weighted by Crippen LogP contribution is -2.21. The minimum absolute atomic E-state index is 0.0960. The molecule has 1 fully saturated rings. The Morgan fingerprint density at radius 1 is 1.35 bits per heavy atom. The van der Waals surface area contributed by atoms with Crippen LogP contribution in [-0.2, 0) is 16.1 Å². The highest BCUT2D eigenvalue weighted by molar-refractivity contribution is 5.90. The fourth-order valence-electron chi connectivity index (χ4n) is 3.38. The number of aromatic amines is 1. The molecule has 2 aromatic heterocycles. The molecule has 26 heavy (non-hydrogen) atoms. The number of imidazole rings is 1. The van der Waals surface area contributed by atoms with Crippen molar-refractivity contribution >= 4 is 22.8 Å². The first-order chi connectivity index (χ1) is 12.7. The van der Waals surface area contributed by atoms with Crippen LogP contribution >= 0.6 is 0 Å². The number of halogens is 1. The molecule has 0 saturated heterocycles. The molecule has 0 bridgehead atoms. The number of amides is 1. The van der Waals surface area contributed by atoms with Gasteiger partial charge in [-0.3, -0.25) is 4.79 Å². The van der Waals surface area contributed by atoms with Gasteiger partial charge in [0.1, 0.15) is 30.7 Å². The second-order valence-electron chi connectivity index (χ2n) is 6.49. The van der Waals surface area contributed by atoms with Gasteiger partial charge in [0.25, 0.3) is 5.91 Å². The highest BCUT2D eigenvalue weighted by atomic mass is 19.1. The van der Waals surface area contributed by atoms with Crippen LogP contribution < -0.4 is 5.32 Å². The number of carbonyl (C=O) groups is 1. The van der Waals surface area contributed by atoms with E-state index in [-0.39, 0.29) is 24.9 Å². The Kier molecular flexibility index (Phi) is 4.66. The van der Waals surface area contributed by atoms with Crippen molar-refractivity contribution in [3.8, 4) is 0 Å². The third-order valence-corrected chi connectivity index (χ3v) is 4.57. The molecular weight excluding hydrogens is 337 g/mol. The van der Waals surface area contributed by atoms with E-state index in [9.17, 15) is 9.18 Å². The van der Waals surface area contributed by atoms with E-state index in [1.54, 1.807) is 18.3 Å². The van der Waals surface area contributed by atoms with Gasteiger partial charge in [0.05, 0.1) is 23.3 Å². The monoisotopic (exact) mass is 357 g/mol. The second-order valence-corrected chi connectivity index (χ2v) is 6.49.